The molecule has 0 unspecified atom stereocenters. The van der Waals surface area contributed by atoms with Gasteiger partial charge in [0, 0.05) is 16.7 Å². The molecule has 0 aliphatic carbocycles. The van der Waals surface area contributed by atoms with E-state index >= 15 is 0 Å². The van der Waals surface area contributed by atoms with Crippen LogP contribution in [-0.4, -0.2) is 9.97 Å². The van der Waals surface area contributed by atoms with Gasteiger partial charge in [-0.1, -0.05) is 206 Å². The second kappa shape index (κ2) is 14.8. The molecule has 2 nitrogen and oxygen atoms in total. The van der Waals surface area contributed by atoms with Crippen molar-refractivity contribution in [3.05, 3.63) is 218 Å². The fourth-order valence-corrected chi connectivity index (χ4v) is 7.44. The Balaban J connectivity index is 1.41. The average Bonchev–Trinajstić information content (AvgIpc) is 3.27. The maximum atomic E-state index is 5.30. The van der Waals surface area contributed by atoms with Crippen molar-refractivity contribution in [2.45, 2.75) is 0 Å². The van der Waals surface area contributed by atoms with E-state index in [4.69, 9.17) is 9.97 Å². The van der Waals surface area contributed by atoms with Crippen molar-refractivity contribution >= 4 is 0 Å². The van der Waals surface area contributed by atoms with E-state index in [1.165, 1.54) is 27.8 Å². The van der Waals surface area contributed by atoms with Gasteiger partial charge in [-0.3, -0.25) is 0 Å². The molecule has 0 spiro atoms. The fraction of sp³-hybridized carbons (Fsp3) is 0. The number of aromatic nitrogens is 2. The van der Waals surface area contributed by atoms with Crippen LogP contribution in [0.4, 0.5) is 0 Å². The predicted molar refractivity (Wildman–Crippen MR) is 226 cm³/mol. The first kappa shape index (κ1) is 32.7. The highest BCUT2D eigenvalue weighted by Crippen LogP contribution is 2.51. The van der Waals surface area contributed by atoms with Gasteiger partial charge in [0.2, 0.25) is 0 Å². The van der Waals surface area contributed by atoms with Gasteiger partial charge in [-0.2, -0.15) is 0 Å². The summed E-state index contributed by atoms with van der Waals surface area (Å²) in [4.78, 5) is 10.4. The smallest absolute Gasteiger partial charge is 0.160 e. The monoisotopic (exact) mass is 688 g/mol. The van der Waals surface area contributed by atoms with E-state index in [0.717, 1.165) is 55.9 Å². The number of benzene rings is 8. The Morgan fingerprint density at radius 1 is 0.222 bits per heavy atom. The minimum Gasteiger partial charge on any atom is -0.228 e. The van der Waals surface area contributed by atoms with Crippen molar-refractivity contribution in [1.29, 1.82) is 0 Å². The molecule has 0 saturated heterocycles. The lowest BCUT2D eigenvalue weighted by molar-refractivity contribution is 1.18. The summed E-state index contributed by atoms with van der Waals surface area (Å²) in [6.07, 6.45) is 0. The maximum Gasteiger partial charge on any atom is 0.160 e. The molecule has 0 bridgehead atoms. The zero-order valence-electron chi connectivity index (χ0n) is 29.7. The zero-order chi connectivity index (χ0) is 36.1. The minimum atomic E-state index is 0.694. The quantitative estimate of drug-likeness (QED) is 0.159. The Kier molecular flexibility index (Phi) is 8.99. The first-order chi connectivity index (χ1) is 26.8. The van der Waals surface area contributed by atoms with Gasteiger partial charge in [0.25, 0.3) is 0 Å². The van der Waals surface area contributed by atoms with Crippen LogP contribution in [-0.2, 0) is 0 Å². The largest absolute Gasteiger partial charge is 0.228 e. The summed E-state index contributed by atoms with van der Waals surface area (Å²) in [7, 11) is 0. The maximum absolute atomic E-state index is 5.30. The molecular weight excluding hydrogens is 653 g/mol. The highest BCUT2D eigenvalue weighted by atomic mass is 14.9. The van der Waals surface area contributed by atoms with Crippen LogP contribution in [0.25, 0.3) is 89.5 Å². The lowest BCUT2D eigenvalue weighted by Gasteiger charge is -2.25. The molecule has 1 heterocycles. The third kappa shape index (κ3) is 6.42. The van der Waals surface area contributed by atoms with Gasteiger partial charge in [-0.25, -0.2) is 9.97 Å². The third-order valence-corrected chi connectivity index (χ3v) is 9.92. The average molecular weight is 689 g/mol. The summed E-state index contributed by atoms with van der Waals surface area (Å²) in [6.45, 7) is 0. The molecule has 1 aromatic heterocycles. The summed E-state index contributed by atoms with van der Waals surface area (Å²) in [5.41, 5.74) is 16.4. The van der Waals surface area contributed by atoms with E-state index in [0.29, 0.717) is 5.82 Å². The first-order valence-corrected chi connectivity index (χ1v) is 18.3. The summed E-state index contributed by atoms with van der Waals surface area (Å²) in [5.74, 6) is 0.694. The number of nitrogens with zero attached hydrogens (tertiary/aromatic N) is 2. The zero-order valence-corrected chi connectivity index (χ0v) is 29.7. The van der Waals surface area contributed by atoms with Crippen LogP contribution in [0, 0.1) is 0 Å². The van der Waals surface area contributed by atoms with Gasteiger partial charge < -0.3 is 0 Å². The van der Waals surface area contributed by atoms with E-state index in [1.807, 2.05) is 24.3 Å². The van der Waals surface area contributed by atoms with Gasteiger partial charge in [-0.05, 0) is 67.8 Å². The second-order valence-electron chi connectivity index (χ2n) is 13.3. The molecule has 9 rings (SSSR count). The highest BCUT2D eigenvalue weighted by Gasteiger charge is 2.25. The minimum absolute atomic E-state index is 0.694. The van der Waals surface area contributed by atoms with Crippen LogP contribution in [0.3, 0.4) is 0 Å². The Morgan fingerprint density at radius 3 is 1.11 bits per heavy atom. The van der Waals surface area contributed by atoms with Gasteiger partial charge in [0.1, 0.15) is 0 Å². The van der Waals surface area contributed by atoms with Crippen LogP contribution in [0.15, 0.2) is 218 Å². The normalized spacial score (nSPS) is 11.0. The van der Waals surface area contributed by atoms with Gasteiger partial charge in [0.05, 0.1) is 11.4 Å². The highest BCUT2D eigenvalue weighted by molar-refractivity contribution is 6.08. The predicted octanol–water partition coefficient (Wildman–Crippen LogP) is 13.8. The van der Waals surface area contributed by atoms with E-state index < -0.39 is 0 Å². The van der Waals surface area contributed by atoms with Crippen LogP contribution in [0.2, 0.25) is 0 Å². The first-order valence-electron chi connectivity index (χ1n) is 18.3. The third-order valence-electron chi connectivity index (χ3n) is 9.92. The molecule has 0 amide bonds. The summed E-state index contributed by atoms with van der Waals surface area (Å²) in [5, 5.41) is 0. The van der Waals surface area contributed by atoms with Crippen molar-refractivity contribution in [3.8, 4) is 89.5 Å². The molecule has 0 saturated carbocycles. The lowest BCUT2D eigenvalue weighted by Crippen LogP contribution is -2.00. The van der Waals surface area contributed by atoms with Crippen molar-refractivity contribution in [3.63, 3.8) is 0 Å². The molecule has 0 atom stereocenters. The molecule has 0 aliphatic rings. The molecule has 8 aromatic carbocycles. The van der Waals surface area contributed by atoms with Gasteiger partial charge in [-0.15, -0.1) is 0 Å². The van der Waals surface area contributed by atoms with Crippen LogP contribution >= 0.6 is 0 Å². The second-order valence-corrected chi connectivity index (χ2v) is 13.3. The van der Waals surface area contributed by atoms with Crippen LogP contribution in [0.5, 0.6) is 0 Å². The van der Waals surface area contributed by atoms with Crippen LogP contribution < -0.4 is 0 Å². The number of hydrogen-bond donors (Lipinski definition) is 0. The van der Waals surface area contributed by atoms with Crippen LogP contribution in [0.1, 0.15) is 0 Å². The van der Waals surface area contributed by atoms with Crippen molar-refractivity contribution in [1.82, 2.24) is 9.97 Å². The van der Waals surface area contributed by atoms with Crippen molar-refractivity contribution in [2.24, 2.45) is 0 Å². The Labute approximate surface area is 316 Å². The van der Waals surface area contributed by atoms with E-state index in [1.54, 1.807) is 0 Å². The molecular formula is C52H36N2. The summed E-state index contributed by atoms with van der Waals surface area (Å²) in [6, 6.07) is 77.1. The molecule has 9 aromatic rings. The van der Waals surface area contributed by atoms with E-state index in [-0.39, 0.29) is 0 Å². The molecule has 0 fully saturated rings. The molecule has 0 N–H and O–H groups in total. The SMILES string of the molecule is c1ccc(-c2cc(-c3ccccc3-c3cc(-c4ccccc4)c(-c4ccccc4)c(-c4ccccc4)c3-c3ccccc3)nc(-c3ccccc3)n2)cc1. The van der Waals surface area contributed by atoms with E-state index in [9.17, 15) is 0 Å². The van der Waals surface area contributed by atoms with Gasteiger partial charge >= 0.3 is 0 Å². The lowest BCUT2D eigenvalue weighted by atomic mass is 9.78. The van der Waals surface area contributed by atoms with Gasteiger partial charge in [0.15, 0.2) is 5.82 Å². The molecule has 54 heavy (non-hydrogen) atoms. The fourth-order valence-electron chi connectivity index (χ4n) is 7.44. The molecule has 0 aliphatic heterocycles. The number of rotatable bonds is 8. The van der Waals surface area contributed by atoms with E-state index in [2.05, 4.69) is 194 Å². The summed E-state index contributed by atoms with van der Waals surface area (Å²) < 4.78 is 0. The van der Waals surface area contributed by atoms with Crippen molar-refractivity contribution in [2.75, 3.05) is 0 Å². The molecule has 2 heteroatoms. The summed E-state index contributed by atoms with van der Waals surface area (Å²) >= 11 is 0. The topological polar surface area (TPSA) is 25.8 Å². The Bertz CT molecular complexity index is 2600. The van der Waals surface area contributed by atoms with Crippen molar-refractivity contribution < 1.29 is 0 Å². The standard InChI is InChI=1S/C52H36N2/c1-7-21-37(22-8-1)45-35-46(50(40-27-13-4-14-28-40)51(41-29-15-5-16-30-41)49(45)39-25-11-3-12-26-39)43-33-19-20-34-44(43)48-36-47(38-23-9-2-10-24-38)53-52(54-48)42-31-17-6-18-32-42/h1-36H. The Hall–Kier alpha value is -7.16. The molecule has 0 radical (unpaired) electrons. The molecule has 254 valence electrons. The number of hydrogen-bond acceptors (Lipinski definition) is 2. The Morgan fingerprint density at radius 2 is 0.593 bits per heavy atom.